The minimum absolute atomic E-state index is 0.0941. The molecule has 1 heterocycles. The third-order valence-corrected chi connectivity index (χ3v) is 5.56. The van der Waals surface area contributed by atoms with Gasteiger partial charge in [0.1, 0.15) is 0 Å². The van der Waals surface area contributed by atoms with E-state index in [4.69, 9.17) is 19.9 Å². The Morgan fingerprint density at radius 1 is 1.17 bits per heavy atom. The van der Waals surface area contributed by atoms with Crippen molar-refractivity contribution in [1.82, 2.24) is 4.98 Å². The predicted molar refractivity (Wildman–Crippen MR) is 133 cm³/mol. The molecule has 3 aromatic rings. The Morgan fingerprint density at radius 3 is 2.63 bits per heavy atom. The number of nitrogens with two attached hydrogens (primary N) is 1. The van der Waals surface area contributed by atoms with Crippen molar-refractivity contribution in [1.29, 1.82) is 0 Å². The summed E-state index contributed by atoms with van der Waals surface area (Å²) in [5.41, 5.74) is 9.42. The van der Waals surface area contributed by atoms with Gasteiger partial charge in [0.2, 0.25) is 0 Å². The first-order chi connectivity index (χ1) is 16.9. The van der Waals surface area contributed by atoms with Crippen LogP contribution in [-0.2, 0) is 22.6 Å². The summed E-state index contributed by atoms with van der Waals surface area (Å²) in [7, 11) is 1.52. The van der Waals surface area contributed by atoms with E-state index in [0.29, 0.717) is 54.1 Å². The smallest absolute Gasteiger partial charge is 0.305 e. The zero-order valence-corrected chi connectivity index (χ0v) is 20.2. The number of rotatable bonds is 12. The monoisotopic (exact) mass is 481 g/mol. The van der Waals surface area contributed by atoms with E-state index in [2.05, 4.69) is 10.3 Å². The summed E-state index contributed by atoms with van der Waals surface area (Å²) in [6, 6.07) is 9.04. The highest BCUT2D eigenvalue weighted by Crippen LogP contribution is 2.38. The lowest BCUT2D eigenvalue weighted by Gasteiger charge is -2.19. The summed E-state index contributed by atoms with van der Waals surface area (Å²) < 4.78 is 16.3. The first-order valence-electron chi connectivity index (χ1n) is 11.5. The van der Waals surface area contributed by atoms with Crippen LogP contribution in [0, 0.1) is 0 Å². The van der Waals surface area contributed by atoms with E-state index in [9.17, 15) is 14.7 Å². The minimum Gasteiger partial charge on any atom is -0.493 e. The van der Waals surface area contributed by atoms with Crippen LogP contribution in [0.4, 0.5) is 11.4 Å². The number of amides is 1. The number of hydrogen-bond donors (Lipinski definition) is 3. The average molecular weight is 482 g/mol. The minimum atomic E-state index is -0.628. The summed E-state index contributed by atoms with van der Waals surface area (Å²) in [5.74, 6) is 0.0109. The van der Waals surface area contributed by atoms with Crippen molar-refractivity contribution < 1.29 is 28.9 Å². The number of benzene rings is 2. The number of carbonyl (C=O) groups excluding carboxylic acids is 2. The number of ether oxygens (including phenoxy) is 3. The molecule has 0 saturated heterocycles. The molecule has 35 heavy (non-hydrogen) atoms. The van der Waals surface area contributed by atoms with Gasteiger partial charge in [-0.1, -0.05) is 19.1 Å². The van der Waals surface area contributed by atoms with Crippen LogP contribution in [0.2, 0.25) is 0 Å². The van der Waals surface area contributed by atoms with Crippen LogP contribution < -0.4 is 20.5 Å². The number of pyridine rings is 1. The predicted octanol–water partition coefficient (Wildman–Crippen LogP) is 3.86. The second-order valence-corrected chi connectivity index (χ2v) is 7.77. The quantitative estimate of drug-likeness (QED) is 0.262. The summed E-state index contributed by atoms with van der Waals surface area (Å²) in [6.07, 6.45) is 2.85. The molecular formula is C26H31N3O6. The highest BCUT2D eigenvalue weighted by molar-refractivity contribution is 6.08. The Morgan fingerprint density at radius 2 is 1.97 bits per heavy atom. The Balaban J connectivity index is 1.99. The van der Waals surface area contributed by atoms with Gasteiger partial charge in [0.05, 0.1) is 43.7 Å². The van der Waals surface area contributed by atoms with Gasteiger partial charge in [-0.3, -0.25) is 14.6 Å². The van der Waals surface area contributed by atoms with Crippen molar-refractivity contribution in [2.24, 2.45) is 5.73 Å². The zero-order chi connectivity index (χ0) is 25.4. The van der Waals surface area contributed by atoms with E-state index in [0.717, 1.165) is 16.8 Å². The van der Waals surface area contributed by atoms with Crippen LogP contribution in [-0.4, -0.2) is 42.3 Å². The van der Waals surface area contributed by atoms with Crippen LogP contribution in [0.5, 0.6) is 11.5 Å². The summed E-state index contributed by atoms with van der Waals surface area (Å²) in [6.45, 7) is 4.30. The molecule has 4 N–H and O–H groups in total. The molecular weight excluding hydrogens is 450 g/mol. The molecule has 0 bridgehead atoms. The molecule has 0 aliphatic heterocycles. The molecule has 0 aliphatic carbocycles. The second kappa shape index (κ2) is 12.0. The van der Waals surface area contributed by atoms with Crippen LogP contribution >= 0.6 is 0 Å². The molecule has 2 aromatic carbocycles. The van der Waals surface area contributed by atoms with E-state index in [-0.39, 0.29) is 24.6 Å². The average Bonchev–Trinajstić information content (AvgIpc) is 2.86. The van der Waals surface area contributed by atoms with E-state index in [1.54, 1.807) is 19.1 Å². The summed E-state index contributed by atoms with van der Waals surface area (Å²) in [5, 5.41) is 13.7. The van der Waals surface area contributed by atoms with E-state index in [1.807, 2.05) is 25.1 Å². The lowest BCUT2D eigenvalue weighted by Crippen LogP contribution is -2.15. The molecule has 3 rings (SSSR count). The number of anilines is 2. The molecule has 0 saturated carbocycles. The normalized spacial score (nSPS) is 10.7. The molecule has 1 amide bonds. The molecule has 1 aromatic heterocycles. The van der Waals surface area contributed by atoms with Gasteiger partial charge in [0, 0.05) is 29.8 Å². The maximum absolute atomic E-state index is 12.2. The SMILES string of the molecule is CCOC(=O)CCCOc1cc2ncc(C(N)=O)c(Nc3cccc(CO)c3CC)c2cc1OC. The fourth-order valence-electron chi connectivity index (χ4n) is 3.88. The van der Waals surface area contributed by atoms with Gasteiger partial charge in [-0.15, -0.1) is 0 Å². The van der Waals surface area contributed by atoms with Gasteiger partial charge in [-0.25, -0.2) is 0 Å². The fraction of sp³-hybridized carbons (Fsp3) is 0.346. The molecule has 0 spiro atoms. The number of carbonyl (C=O) groups is 2. The first kappa shape index (κ1) is 25.8. The van der Waals surface area contributed by atoms with Gasteiger partial charge < -0.3 is 30.4 Å². The van der Waals surface area contributed by atoms with Gasteiger partial charge in [-0.2, -0.15) is 0 Å². The summed E-state index contributed by atoms with van der Waals surface area (Å²) in [4.78, 5) is 28.2. The third-order valence-electron chi connectivity index (χ3n) is 5.56. The van der Waals surface area contributed by atoms with E-state index >= 15 is 0 Å². The van der Waals surface area contributed by atoms with Crippen molar-refractivity contribution >= 4 is 34.2 Å². The number of aliphatic hydroxyl groups is 1. The van der Waals surface area contributed by atoms with Crippen LogP contribution in [0.25, 0.3) is 10.9 Å². The van der Waals surface area contributed by atoms with Crippen LogP contribution in [0.1, 0.15) is 48.2 Å². The maximum atomic E-state index is 12.2. The van der Waals surface area contributed by atoms with Crippen LogP contribution in [0.3, 0.4) is 0 Å². The van der Waals surface area contributed by atoms with Crippen molar-refractivity contribution in [3.8, 4) is 11.5 Å². The molecule has 0 unspecified atom stereocenters. The number of esters is 1. The fourth-order valence-corrected chi connectivity index (χ4v) is 3.88. The highest BCUT2D eigenvalue weighted by Gasteiger charge is 2.18. The molecule has 0 radical (unpaired) electrons. The Bertz CT molecular complexity index is 1210. The molecule has 9 nitrogen and oxygen atoms in total. The Kier molecular flexibility index (Phi) is 8.86. The number of nitrogens with zero attached hydrogens (tertiary/aromatic N) is 1. The molecule has 9 heteroatoms. The number of fused-ring (bicyclic) bond motifs is 1. The number of methoxy groups -OCH3 is 1. The summed E-state index contributed by atoms with van der Waals surface area (Å²) >= 11 is 0. The van der Waals surface area contributed by atoms with Gasteiger partial charge in [-0.05, 0) is 43.0 Å². The van der Waals surface area contributed by atoms with Gasteiger partial charge in [0.15, 0.2) is 11.5 Å². The van der Waals surface area contributed by atoms with Crippen LogP contribution in [0.15, 0.2) is 36.5 Å². The van der Waals surface area contributed by atoms with Crippen molar-refractivity contribution in [3.63, 3.8) is 0 Å². The lowest BCUT2D eigenvalue weighted by atomic mass is 10.0. The second-order valence-electron chi connectivity index (χ2n) is 7.77. The van der Waals surface area contributed by atoms with Gasteiger partial charge in [0.25, 0.3) is 5.91 Å². The van der Waals surface area contributed by atoms with Crippen molar-refractivity contribution in [3.05, 3.63) is 53.2 Å². The largest absolute Gasteiger partial charge is 0.493 e. The van der Waals surface area contributed by atoms with E-state index < -0.39 is 5.91 Å². The van der Waals surface area contributed by atoms with Crippen molar-refractivity contribution in [2.75, 3.05) is 25.6 Å². The number of nitrogens with one attached hydrogen (secondary N) is 1. The topological polar surface area (TPSA) is 133 Å². The number of primary amides is 1. The molecule has 0 fully saturated rings. The van der Waals surface area contributed by atoms with Crippen molar-refractivity contribution in [2.45, 2.75) is 39.7 Å². The molecule has 0 aliphatic rings. The third kappa shape index (κ3) is 5.99. The standard InChI is InChI=1S/C26H31N3O6/c1-4-17-16(15-30)8-6-9-20(17)29-25-18-12-22(33-3)23(35-11-7-10-24(31)34-5-2)13-21(18)28-14-19(25)26(27)32/h6,8-9,12-14,30H,4-5,7,10-11,15H2,1-3H3,(H2,27,32)(H,28,29). The number of hydrogen-bond acceptors (Lipinski definition) is 8. The molecule has 186 valence electrons. The Labute approximate surface area is 204 Å². The Hall–Kier alpha value is -3.85. The first-order valence-corrected chi connectivity index (χ1v) is 11.5. The van der Waals surface area contributed by atoms with E-state index in [1.165, 1.54) is 13.3 Å². The number of aromatic nitrogens is 1. The highest BCUT2D eigenvalue weighted by atomic mass is 16.5. The maximum Gasteiger partial charge on any atom is 0.305 e. The van der Waals surface area contributed by atoms with Gasteiger partial charge >= 0.3 is 5.97 Å². The zero-order valence-electron chi connectivity index (χ0n) is 20.2. The lowest BCUT2D eigenvalue weighted by molar-refractivity contribution is -0.143. The number of aliphatic hydroxyl groups excluding tert-OH is 1. The molecule has 0 atom stereocenters.